The van der Waals surface area contributed by atoms with Gasteiger partial charge in [-0.15, -0.1) is 0 Å². The molecule has 0 aliphatic heterocycles. The van der Waals surface area contributed by atoms with E-state index in [0.717, 1.165) is 11.1 Å². The van der Waals surface area contributed by atoms with E-state index in [2.05, 4.69) is 52.0 Å². The van der Waals surface area contributed by atoms with Crippen molar-refractivity contribution in [3.63, 3.8) is 0 Å². The molecule has 0 spiro atoms. The SMILES string of the molecule is CC(CC(C)(C)C)c1ccc(-c2ccc(C(=O)N(C)C)cc2)cc1. The van der Waals surface area contributed by atoms with Gasteiger partial charge in [-0.1, -0.05) is 64.1 Å². The zero-order valence-electron chi connectivity index (χ0n) is 15.8. The highest BCUT2D eigenvalue weighted by molar-refractivity contribution is 5.94. The largest absolute Gasteiger partial charge is 0.345 e. The Hall–Kier alpha value is -2.09. The first-order valence-corrected chi connectivity index (χ1v) is 8.59. The van der Waals surface area contributed by atoms with Crippen molar-refractivity contribution < 1.29 is 4.79 Å². The summed E-state index contributed by atoms with van der Waals surface area (Å²) in [6.07, 6.45) is 1.17. The fraction of sp³-hybridized carbons (Fsp3) is 0.409. The third-order valence-electron chi connectivity index (χ3n) is 4.27. The van der Waals surface area contributed by atoms with Crippen LogP contribution in [0, 0.1) is 5.41 Å². The van der Waals surface area contributed by atoms with E-state index < -0.39 is 0 Å². The standard InChI is InChI=1S/C22H29NO/c1-16(15-22(2,3)4)17-7-9-18(10-8-17)19-11-13-20(14-12-19)21(24)23(5)6/h7-14,16H,15H2,1-6H3. The smallest absolute Gasteiger partial charge is 0.253 e. The summed E-state index contributed by atoms with van der Waals surface area (Å²) < 4.78 is 0. The molecule has 1 atom stereocenters. The minimum absolute atomic E-state index is 0.0351. The highest BCUT2D eigenvalue weighted by atomic mass is 16.2. The molecule has 0 heterocycles. The Morgan fingerprint density at radius 1 is 0.917 bits per heavy atom. The van der Waals surface area contributed by atoms with Crippen molar-refractivity contribution in [1.29, 1.82) is 0 Å². The summed E-state index contributed by atoms with van der Waals surface area (Å²) in [7, 11) is 3.54. The van der Waals surface area contributed by atoms with E-state index in [1.807, 2.05) is 24.3 Å². The number of hydrogen-bond acceptors (Lipinski definition) is 1. The topological polar surface area (TPSA) is 20.3 Å². The summed E-state index contributed by atoms with van der Waals surface area (Å²) >= 11 is 0. The molecule has 2 nitrogen and oxygen atoms in total. The highest BCUT2D eigenvalue weighted by Crippen LogP contribution is 2.31. The average molecular weight is 323 g/mol. The van der Waals surface area contributed by atoms with Crippen LogP contribution >= 0.6 is 0 Å². The van der Waals surface area contributed by atoms with Crippen molar-refractivity contribution in [3.8, 4) is 11.1 Å². The second-order valence-electron chi connectivity index (χ2n) is 8.06. The van der Waals surface area contributed by atoms with Crippen molar-refractivity contribution in [1.82, 2.24) is 4.90 Å². The van der Waals surface area contributed by atoms with Crippen molar-refractivity contribution in [2.75, 3.05) is 14.1 Å². The van der Waals surface area contributed by atoms with Crippen molar-refractivity contribution >= 4 is 5.91 Å². The van der Waals surface area contributed by atoms with Crippen LogP contribution in [-0.2, 0) is 0 Å². The first kappa shape index (κ1) is 18.3. The third kappa shape index (κ3) is 4.70. The second-order valence-corrected chi connectivity index (χ2v) is 8.06. The highest BCUT2D eigenvalue weighted by Gasteiger charge is 2.16. The molecule has 0 aliphatic carbocycles. The molecule has 0 bridgehead atoms. The summed E-state index contributed by atoms with van der Waals surface area (Å²) in [5, 5.41) is 0. The normalized spacial score (nSPS) is 12.8. The number of benzene rings is 2. The zero-order valence-corrected chi connectivity index (χ0v) is 15.8. The number of carbonyl (C=O) groups excluding carboxylic acids is 1. The number of rotatable bonds is 4. The summed E-state index contributed by atoms with van der Waals surface area (Å²) in [4.78, 5) is 13.5. The summed E-state index contributed by atoms with van der Waals surface area (Å²) in [5.74, 6) is 0.590. The molecule has 128 valence electrons. The Kier molecular flexibility index (Phi) is 5.48. The number of amides is 1. The number of hydrogen-bond donors (Lipinski definition) is 0. The third-order valence-corrected chi connectivity index (χ3v) is 4.27. The Morgan fingerprint density at radius 2 is 1.38 bits per heavy atom. The maximum absolute atomic E-state index is 12.0. The predicted octanol–water partition coefficient (Wildman–Crippen LogP) is 5.60. The first-order valence-electron chi connectivity index (χ1n) is 8.59. The second kappa shape index (κ2) is 7.21. The predicted molar refractivity (Wildman–Crippen MR) is 102 cm³/mol. The van der Waals surface area contributed by atoms with Crippen molar-refractivity contribution in [2.24, 2.45) is 5.41 Å². The van der Waals surface area contributed by atoms with Crippen LogP contribution in [0.15, 0.2) is 48.5 Å². The average Bonchev–Trinajstić information content (AvgIpc) is 2.53. The van der Waals surface area contributed by atoms with Gasteiger partial charge in [-0.2, -0.15) is 0 Å². The van der Waals surface area contributed by atoms with E-state index in [9.17, 15) is 4.79 Å². The molecular weight excluding hydrogens is 294 g/mol. The molecule has 1 unspecified atom stereocenters. The van der Waals surface area contributed by atoms with Crippen LogP contribution in [0.4, 0.5) is 0 Å². The number of carbonyl (C=O) groups is 1. The quantitative estimate of drug-likeness (QED) is 0.717. The van der Waals surface area contributed by atoms with Crippen LogP contribution in [0.25, 0.3) is 11.1 Å². The van der Waals surface area contributed by atoms with Crippen molar-refractivity contribution in [3.05, 3.63) is 59.7 Å². The van der Waals surface area contributed by atoms with Crippen LogP contribution in [0.2, 0.25) is 0 Å². The lowest BCUT2D eigenvalue weighted by atomic mass is 9.82. The summed E-state index contributed by atoms with van der Waals surface area (Å²) in [6, 6.07) is 16.6. The minimum Gasteiger partial charge on any atom is -0.345 e. The molecule has 0 N–H and O–H groups in total. The lowest BCUT2D eigenvalue weighted by Crippen LogP contribution is -2.21. The number of nitrogens with zero attached hydrogens (tertiary/aromatic N) is 1. The Bertz CT molecular complexity index is 675. The van der Waals surface area contributed by atoms with Gasteiger partial charge in [0, 0.05) is 19.7 Å². The molecule has 2 aromatic carbocycles. The van der Waals surface area contributed by atoms with Crippen LogP contribution in [-0.4, -0.2) is 24.9 Å². The van der Waals surface area contributed by atoms with Gasteiger partial charge in [0.1, 0.15) is 0 Å². The molecule has 2 rings (SSSR count). The van der Waals surface area contributed by atoms with Crippen molar-refractivity contribution in [2.45, 2.75) is 40.0 Å². The van der Waals surface area contributed by atoms with E-state index in [1.165, 1.54) is 17.5 Å². The molecule has 2 heteroatoms. The van der Waals surface area contributed by atoms with Gasteiger partial charge >= 0.3 is 0 Å². The lowest BCUT2D eigenvalue weighted by molar-refractivity contribution is 0.0827. The van der Waals surface area contributed by atoms with Gasteiger partial charge in [0.2, 0.25) is 0 Å². The van der Waals surface area contributed by atoms with E-state index in [-0.39, 0.29) is 5.91 Å². The molecular formula is C22H29NO. The zero-order chi connectivity index (χ0) is 17.9. The van der Waals surface area contributed by atoms with E-state index in [4.69, 9.17) is 0 Å². The fourth-order valence-corrected chi connectivity index (χ4v) is 3.10. The van der Waals surface area contributed by atoms with E-state index in [0.29, 0.717) is 11.3 Å². The molecule has 0 saturated carbocycles. The van der Waals surface area contributed by atoms with Gasteiger partial charge < -0.3 is 4.90 Å². The molecule has 2 aromatic rings. The molecule has 0 aromatic heterocycles. The maximum atomic E-state index is 12.0. The van der Waals surface area contributed by atoms with Crippen LogP contribution in [0.3, 0.4) is 0 Å². The van der Waals surface area contributed by atoms with E-state index >= 15 is 0 Å². The van der Waals surface area contributed by atoms with Gasteiger partial charge in [0.15, 0.2) is 0 Å². The van der Waals surface area contributed by atoms with Gasteiger partial charge in [0.25, 0.3) is 5.91 Å². The van der Waals surface area contributed by atoms with Crippen LogP contribution in [0.1, 0.15) is 56.0 Å². The molecule has 0 aliphatic rings. The maximum Gasteiger partial charge on any atom is 0.253 e. The Balaban J connectivity index is 2.15. The first-order chi connectivity index (χ1) is 11.2. The monoisotopic (exact) mass is 323 g/mol. The molecule has 0 radical (unpaired) electrons. The Labute approximate surface area is 146 Å². The van der Waals surface area contributed by atoms with Crippen LogP contribution in [0.5, 0.6) is 0 Å². The van der Waals surface area contributed by atoms with Gasteiger partial charge in [-0.05, 0) is 46.6 Å². The van der Waals surface area contributed by atoms with Gasteiger partial charge in [-0.3, -0.25) is 4.79 Å². The van der Waals surface area contributed by atoms with Crippen LogP contribution < -0.4 is 0 Å². The Morgan fingerprint density at radius 3 is 1.79 bits per heavy atom. The fourth-order valence-electron chi connectivity index (χ4n) is 3.10. The lowest BCUT2D eigenvalue weighted by Gasteiger charge is -2.23. The van der Waals surface area contributed by atoms with Gasteiger partial charge in [-0.25, -0.2) is 0 Å². The molecule has 1 amide bonds. The summed E-state index contributed by atoms with van der Waals surface area (Å²) in [5.41, 5.74) is 4.77. The molecule has 0 fully saturated rings. The molecule has 0 saturated heterocycles. The molecule has 24 heavy (non-hydrogen) atoms. The minimum atomic E-state index is 0.0351. The van der Waals surface area contributed by atoms with E-state index in [1.54, 1.807) is 19.0 Å². The van der Waals surface area contributed by atoms with Gasteiger partial charge in [0.05, 0.1) is 0 Å². The summed E-state index contributed by atoms with van der Waals surface area (Å²) in [6.45, 7) is 9.15.